The number of halogens is 1. The fourth-order valence-corrected chi connectivity index (χ4v) is 1.62. The van der Waals surface area contributed by atoms with Gasteiger partial charge in [0.15, 0.2) is 6.29 Å². The van der Waals surface area contributed by atoms with Crippen LogP contribution in [0.25, 0.3) is 11.1 Å². The monoisotopic (exact) mass is 217 g/mol. The first-order valence-corrected chi connectivity index (χ1v) is 4.85. The summed E-state index contributed by atoms with van der Waals surface area (Å²) in [4.78, 5) is 14.9. The summed E-state index contributed by atoms with van der Waals surface area (Å²) in [6.45, 7) is 0. The lowest BCUT2D eigenvalue weighted by molar-refractivity contribution is 0.112. The van der Waals surface area contributed by atoms with Crippen LogP contribution in [-0.4, -0.2) is 11.3 Å². The van der Waals surface area contributed by atoms with Gasteiger partial charge in [-0.3, -0.25) is 9.78 Å². The molecular weight excluding hydrogens is 210 g/mol. The van der Waals surface area contributed by atoms with E-state index in [1.165, 1.54) is 6.20 Å². The lowest BCUT2D eigenvalue weighted by atomic mass is 10.0. The zero-order valence-corrected chi connectivity index (χ0v) is 8.61. The van der Waals surface area contributed by atoms with E-state index in [1.54, 1.807) is 6.20 Å². The molecule has 0 spiro atoms. The number of aldehydes is 1. The molecule has 0 fully saturated rings. The maximum atomic E-state index is 10.9. The van der Waals surface area contributed by atoms with Crippen molar-refractivity contribution < 1.29 is 4.79 Å². The van der Waals surface area contributed by atoms with Crippen molar-refractivity contribution in [3.8, 4) is 11.1 Å². The van der Waals surface area contributed by atoms with Gasteiger partial charge in [-0.25, -0.2) is 0 Å². The molecule has 2 aromatic rings. The van der Waals surface area contributed by atoms with Gasteiger partial charge in [0.1, 0.15) is 0 Å². The smallest absolute Gasteiger partial charge is 0.152 e. The number of nitrogens with zero attached hydrogens (tertiary/aromatic N) is 1. The highest BCUT2D eigenvalue weighted by atomic mass is 35.5. The number of carbonyl (C=O) groups is 1. The Kier molecular flexibility index (Phi) is 2.79. The number of pyridine rings is 1. The quantitative estimate of drug-likeness (QED) is 0.723. The molecule has 0 N–H and O–H groups in total. The minimum absolute atomic E-state index is 0.381. The van der Waals surface area contributed by atoms with Crippen LogP contribution in [0.2, 0.25) is 5.02 Å². The SMILES string of the molecule is O=Cc1c(Cl)cncc1-c1ccccc1. The summed E-state index contributed by atoms with van der Waals surface area (Å²) in [7, 11) is 0. The summed E-state index contributed by atoms with van der Waals surface area (Å²) in [5.74, 6) is 0. The van der Waals surface area contributed by atoms with Crippen molar-refractivity contribution in [2.75, 3.05) is 0 Å². The third kappa shape index (κ3) is 1.90. The van der Waals surface area contributed by atoms with Crippen LogP contribution in [0.5, 0.6) is 0 Å². The molecule has 0 unspecified atom stereocenters. The van der Waals surface area contributed by atoms with E-state index in [9.17, 15) is 4.79 Å². The Morgan fingerprint density at radius 1 is 1.13 bits per heavy atom. The van der Waals surface area contributed by atoms with Crippen molar-refractivity contribution in [1.82, 2.24) is 4.98 Å². The zero-order valence-electron chi connectivity index (χ0n) is 7.85. The van der Waals surface area contributed by atoms with E-state index in [2.05, 4.69) is 4.98 Å². The molecule has 0 bridgehead atoms. The second-order valence-electron chi connectivity index (χ2n) is 3.07. The van der Waals surface area contributed by atoms with Gasteiger partial charge in [0, 0.05) is 23.5 Å². The van der Waals surface area contributed by atoms with Crippen LogP contribution in [-0.2, 0) is 0 Å². The molecule has 2 nitrogen and oxygen atoms in total. The Bertz CT molecular complexity index is 482. The standard InChI is InChI=1S/C12H8ClNO/c13-12-7-14-6-10(11(12)8-15)9-4-2-1-3-5-9/h1-8H. The number of hydrogen-bond acceptors (Lipinski definition) is 2. The van der Waals surface area contributed by atoms with Gasteiger partial charge in [-0.2, -0.15) is 0 Å². The third-order valence-electron chi connectivity index (χ3n) is 2.14. The summed E-state index contributed by atoms with van der Waals surface area (Å²) >= 11 is 5.89. The first-order valence-electron chi connectivity index (χ1n) is 4.47. The minimum atomic E-state index is 0.381. The van der Waals surface area contributed by atoms with E-state index in [4.69, 9.17) is 11.6 Å². The van der Waals surface area contributed by atoms with Crippen LogP contribution in [0.1, 0.15) is 10.4 Å². The van der Waals surface area contributed by atoms with Crippen molar-refractivity contribution in [3.63, 3.8) is 0 Å². The highest BCUT2D eigenvalue weighted by molar-refractivity contribution is 6.33. The summed E-state index contributed by atoms with van der Waals surface area (Å²) in [5.41, 5.74) is 2.19. The maximum Gasteiger partial charge on any atom is 0.152 e. The maximum absolute atomic E-state index is 10.9. The first kappa shape index (κ1) is 9.87. The molecule has 0 aliphatic rings. The van der Waals surface area contributed by atoms with E-state index in [0.29, 0.717) is 10.6 Å². The van der Waals surface area contributed by atoms with Crippen molar-refractivity contribution in [2.45, 2.75) is 0 Å². The predicted molar refractivity (Wildman–Crippen MR) is 60.1 cm³/mol. The van der Waals surface area contributed by atoms with Crippen LogP contribution in [0.4, 0.5) is 0 Å². The van der Waals surface area contributed by atoms with Crippen LogP contribution < -0.4 is 0 Å². The first-order chi connectivity index (χ1) is 7.33. The van der Waals surface area contributed by atoms with Crippen LogP contribution >= 0.6 is 11.6 Å². The largest absolute Gasteiger partial charge is 0.298 e. The average Bonchev–Trinajstić information content (AvgIpc) is 2.30. The summed E-state index contributed by atoms with van der Waals surface area (Å²) < 4.78 is 0. The van der Waals surface area contributed by atoms with Gasteiger partial charge in [-0.05, 0) is 5.56 Å². The molecule has 0 atom stereocenters. The fourth-order valence-electron chi connectivity index (χ4n) is 1.41. The second-order valence-corrected chi connectivity index (χ2v) is 3.47. The van der Waals surface area contributed by atoms with Gasteiger partial charge in [0.25, 0.3) is 0 Å². The Hall–Kier alpha value is -1.67. The van der Waals surface area contributed by atoms with Gasteiger partial charge in [0.2, 0.25) is 0 Å². The molecule has 0 saturated heterocycles. The molecule has 15 heavy (non-hydrogen) atoms. The highest BCUT2D eigenvalue weighted by Gasteiger charge is 2.07. The van der Waals surface area contributed by atoms with Crippen molar-refractivity contribution in [1.29, 1.82) is 0 Å². The number of rotatable bonds is 2. The van der Waals surface area contributed by atoms with Crippen LogP contribution in [0.3, 0.4) is 0 Å². The average molecular weight is 218 g/mol. The Labute approximate surface area is 92.5 Å². The normalized spacial score (nSPS) is 9.93. The number of aromatic nitrogens is 1. The molecule has 0 aliphatic carbocycles. The molecule has 0 aliphatic heterocycles. The Morgan fingerprint density at radius 3 is 2.53 bits per heavy atom. The van der Waals surface area contributed by atoms with Crippen molar-refractivity contribution >= 4 is 17.9 Å². The highest BCUT2D eigenvalue weighted by Crippen LogP contribution is 2.26. The van der Waals surface area contributed by atoms with Crippen LogP contribution in [0, 0.1) is 0 Å². The van der Waals surface area contributed by atoms with Gasteiger partial charge < -0.3 is 0 Å². The lowest BCUT2D eigenvalue weighted by Gasteiger charge is -2.05. The molecular formula is C12H8ClNO. The van der Waals surface area contributed by atoms with Gasteiger partial charge in [-0.1, -0.05) is 41.9 Å². The Morgan fingerprint density at radius 2 is 1.87 bits per heavy atom. The van der Waals surface area contributed by atoms with E-state index in [1.807, 2.05) is 30.3 Å². The van der Waals surface area contributed by atoms with Gasteiger partial charge in [-0.15, -0.1) is 0 Å². The lowest BCUT2D eigenvalue weighted by Crippen LogP contribution is -1.90. The molecule has 0 saturated carbocycles. The summed E-state index contributed by atoms with van der Waals surface area (Å²) in [5, 5.41) is 0.381. The molecule has 0 radical (unpaired) electrons. The van der Waals surface area contributed by atoms with E-state index in [-0.39, 0.29) is 0 Å². The Balaban J connectivity index is 2.63. The predicted octanol–water partition coefficient (Wildman–Crippen LogP) is 3.21. The van der Waals surface area contributed by atoms with E-state index < -0.39 is 0 Å². The third-order valence-corrected chi connectivity index (χ3v) is 2.44. The van der Waals surface area contributed by atoms with Crippen LogP contribution in [0.15, 0.2) is 42.7 Å². The molecule has 3 heteroatoms. The van der Waals surface area contributed by atoms with Gasteiger partial charge >= 0.3 is 0 Å². The molecule has 2 rings (SSSR count). The van der Waals surface area contributed by atoms with E-state index in [0.717, 1.165) is 17.4 Å². The topological polar surface area (TPSA) is 30.0 Å². The van der Waals surface area contributed by atoms with Crippen molar-refractivity contribution in [3.05, 3.63) is 53.3 Å². The van der Waals surface area contributed by atoms with Crippen molar-refractivity contribution in [2.24, 2.45) is 0 Å². The summed E-state index contributed by atoms with van der Waals surface area (Å²) in [6, 6.07) is 9.57. The summed E-state index contributed by atoms with van der Waals surface area (Å²) in [6.07, 6.45) is 3.87. The molecule has 1 aromatic heterocycles. The van der Waals surface area contributed by atoms with Gasteiger partial charge in [0.05, 0.1) is 5.02 Å². The number of hydrogen-bond donors (Lipinski definition) is 0. The second kappa shape index (κ2) is 4.24. The van der Waals surface area contributed by atoms with E-state index >= 15 is 0 Å². The molecule has 0 amide bonds. The molecule has 74 valence electrons. The number of benzene rings is 1. The fraction of sp³-hybridized carbons (Fsp3) is 0. The zero-order chi connectivity index (χ0) is 10.7. The molecule has 1 heterocycles. The number of carbonyl (C=O) groups excluding carboxylic acids is 1. The molecule has 1 aromatic carbocycles. The minimum Gasteiger partial charge on any atom is -0.298 e.